The number of hydrogen-bond acceptors (Lipinski definition) is 2. The molecule has 0 unspecified atom stereocenters. The summed E-state index contributed by atoms with van der Waals surface area (Å²) in [5, 5.41) is 2.80. The maximum atomic E-state index is 12.0. The molecule has 3 nitrogen and oxygen atoms in total. The van der Waals surface area contributed by atoms with Gasteiger partial charge in [-0.05, 0) is 42.8 Å². The largest absolute Gasteiger partial charge is 0.322 e. The van der Waals surface area contributed by atoms with Gasteiger partial charge in [-0.2, -0.15) is 0 Å². The van der Waals surface area contributed by atoms with Crippen molar-refractivity contribution in [2.45, 2.75) is 6.92 Å². The van der Waals surface area contributed by atoms with Crippen molar-refractivity contribution in [1.29, 1.82) is 0 Å². The molecular formula is C15H13NO2. The van der Waals surface area contributed by atoms with Crippen molar-refractivity contribution in [3.05, 3.63) is 65.2 Å². The zero-order valence-corrected chi connectivity index (χ0v) is 10.0. The Balaban J connectivity index is 2.16. The van der Waals surface area contributed by atoms with Gasteiger partial charge in [0.1, 0.15) is 6.29 Å². The lowest BCUT2D eigenvalue weighted by Gasteiger charge is -2.07. The van der Waals surface area contributed by atoms with Crippen LogP contribution in [0.2, 0.25) is 0 Å². The number of hydrogen-bond donors (Lipinski definition) is 1. The van der Waals surface area contributed by atoms with E-state index in [1.807, 2.05) is 25.1 Å². The van der Waals surface area contributed by atoms with Crippen molar-refractivity contribution in [2.75, 3.05) is 5.32 Å². The summed E-state index contributed by atoms with van der Waals surface area (Å²) < 4.78 is 0. The van der Waals surface area contributed by atoms with E-state index in [1.165, 1.54) is 0 Å². The number of carbonyl (C=O) groups excluding carboxylic acids is 2. The minimum absolute atomic E-state index is 0.146. The van der Waals surface area contributed by atoms with E-state index in [0.29, 0.717) is 16.8 Å². The van der Waals surface area contributed by atoms with Gasteiger partial charge in [-0.1, -0.05) is 18.2 Å². The second kappa shape index (κ2) is 5.27. The van der Waals surface area contributed by atoms with Gasteiger partial charge in [0.05, 0.1) is 0 Å². The fourth-order valence-corrected chi connectivity index (χ4v) is 1.67. The van der Waals surface area contributed by atoms with Crippen LogP contribution in [-0.2, 0) is 0 Å². The third-order valence-corrected chi connectivity index (χ3v) is 2.69. The Morgan fingerprint density at radius 3 is 2.33 bits per heavy atom. The first-order valence-electron chi connectivity index (χ1n) is 5.63. The Morgan fingerprint density at radius 2 is 1.72 bits per heavy atom. The van der Waals surface area contributed by atoms with Crippen molar-refractivity contribution in [3.63, 3.8) is 0 Å². The molecule has 0 aliphatic carbocycles. The quantitative estimate of drug-likeness (QED) is 0.837. The van der Waals surface area contributed by atoms with Crippen LogP contribution in [0.1, 0.15) is 26.3 Å². The predicted molar refractivity (Wildman–Crippen MR) is 71.0 cm³/mol. The highest BCUT2D eigenvalue weighted by molar-refractivity contribution is 6.05. The molecule has 1 amide bonds. The van der Waals surface area contributed by atoms with Gasteiger partial charge in [0.2, 0.25) is 0 Å². The van der Waals surface area contributed by atoms with Crippen LogP contribution in [0.5, 0.6) is 0 Å². The van der Waals surface area contributed by atoms with E-state index in [4.69, 9.17) is 0 Å². The summed E-state index contributed by atoms with van der Waals surface area (Å²) in [6, 6.07) is 14.2. The maximum Gasteiger partial charge on any atom is 0.255 e. The molecule has 18 heavy (non-hydrogen) atoms. The first-order chi connectivity index (χ1) is 8.70. The van der Waals surface area contributed by atoms with Crippen molar-refractivity contribution in [1.82, 2.24) is 0 Å². The summed E-state index contributed by atoms with van der Waals surface area (Å²) in [7, 11) is 0. The molecule has 3 heteroatoms. The predicted octanol–water partition coefficient (Wildman–Crippen LogP) is 3.06. The molecule has 0 atom stereocenters. The van der Waals surface area contributed by atoms with Crippen LogP contribution in [0.25, 0.3) is 0 Å². The van der Waals surface area contributed by atoms with Gasteiger partial charge in [0.15, 0.2) is 0 Å². The van der Waals surface area contributed by atoms with E-state index in [2.05, 4.69) is 5.32 Å². The van der Waals surface area contributed by atoms with Gasteiger partial charge in [-0.15, -0.1) is 0 Å². The maximum absolute atomic E-state index is 12.0. The second-order valence-corrected chi connectivity index (χ2v) is 4.01. The van der Waals surface area contributed by atoms with Crippen molar-refractivity contribution >= 4 is 17.9 Å². The van der Waals surface area contributed by atoms with E-state index in [-0.39, 0.29) is 5.91 Å². The average molecular weight is 239 g/mol. The number of amides is 1. The monoisotopic (exact) mass is 239 g/mol. The topological polar surface area (TPSA) is 46.2 Å². The summed E-state index contributed by atoms with van der Waals surface area (Å²) in [4.78, 5) is 22.5. The van der Waals surface area contributed by atoms with Crippen molar-refractivity contribution < 1.29 is 9.59 Å². The van der Waals surface area contributed by atoms with E-state index in [0.717, 1.165) is 11.8 Å². The number of aryl methyl sites for hydroxylation is 1. The summed E-state index contributed by atoms with van der Waals surface area (Å²) in [6.45, 7) is 1.89. The molecular weight excluding hydrogens is 226 g/mol. The molecule has 0 saturated heterocycles. The molecule has 0 radical (unpaired) electrons. The number of benzene rings is 2. The zero-order chi connectivity index (χ0) is 13.0. The van der Waals surface area contributed by atoms with E-state index in [1.54, 1.807) is 30.3 Å². The Bertz CT molecular complexity index is 573. The van der Waals surface area contributed by atoms with Crippen LogP contribution in [0.15, 0.2) is 48.5 Å². The number of rotatable bonds is 3. The molecule has 1 N–H and O–H groups in total. The minimum Gasteiger partial charge on any atom is -0.322 e. The zero-order valence-electron chi connectivity index (χ0n) is 10.0. The van der Waals surface area contributed by atoms with Gasteiger partial charge in [0.25, 0.3) is 5.91 Å². The summed E-state index contributed by atoms with van der Waals surface area (Å²) >= 11 is 0. The summed E-state index contributed by atoms with van der Waals surface area (Å²) in [5.74, 6) is -0.146. The van der Waals surface area contributed by atoms with Crippen LogP contribution in [-0.4, -0.2) is 12.2 Å². The van der Waals surface area contributed by atoms with E-state index < -0.39 is 0 Å². The van der Waals surface area contributed by atoms with Crippen LogP contribution in [0, 0.1) is 6.92 Å². The van der Waals surface area contributed by atoms with Crippen LogP contribution in [0.3, 0.4) is 0 Å². The van der Waals surface area contributed by atoms with E-state index in [9.17, 15) is 9.59 Å². The number of aldehydes is 1. The highest BCUT2D eigenvalue weighted by Gasteiger charge is 2.07. The Hall–Kier alpha value is -2.42. The fourth-order valence-electron chi connectivity index (χ4n) is 1.67. The fraction of sp³-hybridized carbons (Fsp3) is 0.0667. The van der Waals surface area contributed by atoms with Crippen molar-refractivity contribution in [2.24, 2.45) is 0 Å². The molecule has 90 valence electrons. The highest BCUT2D eigenvalue weighted by atomic mass is 16.1. The minimum atomic E-state index is -0.146. The molecule has 0 aliphatic heterocycles. The first kappa shape index (κ1) is 12.0. The molecule has 2 aromatic carbocycles. The standard InChI is InChI=1S/C15H13NO2/c1-11-4-2-3-5-14(11)15(18)16-13-8-6-12(10-17)7-9-13/h2-10H,1H3,(H,16,18). The van der Waals surface area contributed by atoms with Crippen LogP contribution in [0.4, 0.5) is 5.69 Å². The van der Waals surface area contributed by atoms with Gasteiger partial charge in [-0.25, -0.2) is 0 Å². The third kappa shape index (κ3) is 2.63. The smallest absolute Gasteiger partial charge is 0.255 e. The molecule has 2 aromatic rings. The molecule has 0 fully saturated rings. The molecule has 0 aliphatic rings. The Morgan fingerprint density at radius 1 is 1.06 bits per heavy atom. The second-order valence-electron chi connectivity index (χ2n) is 4.01. The highest BCUT2D eigenvalue weighted by Crippen LogP contribution is 2.12. The Kier molecular flexibility index (Phi) is 3.53. The van der Waals surface area contributed by atoms with Crippen LogP contribution < -0.4 is 5.32 Å². The van der Waals surface area contributed by atoms with Gasteiger partial charge in [0, 0.05) is 16.8 Å². The molecule has 0 saturated carbocycles. The normalized spacial score (nSPS) is 9.83. The molecule has 0 bridgehead atoms. The lowest BCUT2D eigenvalue weighted by molar-refractivity contribution is 0.102. The summed E-state index contributed by atoms with van der Waals surface area (Å²) in [6.07, 6.45) is 0.771. The van der Waals surface area contributed by atoms with Gasteiger partial charge < -0.3 is 5.32 Å². The molecule has 0 aromatic heterocycles. The van der Waals surface area contributed by atoms with Gasteiger partial charge in [-0.3, -0.25) is 9.59 Å². The average Bonchev–Trinajstić information content (AvgIpc) is 2.40. The molecule has 0 heterocycles. The number of carbonyl (C=O) groups is 2. The van der Waals surface area contributed by atoms with Gasteiger partial charge >= 0.3 is 0 Å². The summed E-state index contributed by atoms with van der Waals surface area (Å²) in [5.41, 5.74) is 2.84. The lowest BCUT2D eigenvalue weighted by atomic mass is 10.1. The Labute approximate surface area is 105 Å². The third-order valence-electron chi connectivity index (χ3n) is 2.69. The molecule has 2 rings (SSSR count). The molecule has 0 spiro atoms. The first-order valence-corrected chi connectivity index (χ1v) is 5.63. The SMILES string of the molecule is Cc1ccccc1C(=O)Nc1ccc(C=O)cc1. The van der Waals surface area contributed by atoms with Crippen molar-refractivity contribution in [3.8, 4) is 0 Å². The van der Waals surface area contributed by atoms with Crippen LogP contribution >= 0.6 is 0 Å². The van der Waals surface area contributed by atoms with E-state index >= 15 is 0 Å². The number of nitrogens with one attached hydrogen (secondary N) is 1. The lowest BCUT2D eigenvalue weighted by Crippen LogP contribution is -2.13. The number of anilines is 1.